The second-order valence-corrected chi connectivity index (χ2v) is 8.35. The van der Waals surface area contributed by atoms with Crippen LogP contribution in [0.15, 0.2) is 0 Å². The molecule has 0 aromatic rings. The minimum Gasteiger partial charge on any atom is -0.330 e. The summed E-state index contributed by atoms with van der Waals surface area (Å²) in [6.45, 7) is 15.2. The van der Waals surface area contributed by atoms with E-state index in [2.05, 4.69) is 38.3 Å². The van der Waals surface area contributed by atoms with Crippen molar-refractivity contribution in [3.8, 4) is 0 Å². The first-order valence-electron chi connectivity index (χ1n) is 10.3. The van der Waals surface area contributed by atoms with Crippen molar-refractivity contribution in [2.75, 3.05) is 39.3 Å². The summed E-state index contributed by atoms with van der Waals surface area (Å²) in [6, 6.07) is 0. The van der Waals surface area contributed by atoms with Gasteiger partial charge in [0, 0.05) is 6.54 Å². The summed E-state index contributed by atoms with van der Waals surface area (Å²) >= 11 is 0. The number of hydrogen-bond donors (Lipinski definition) is 4. The largest absolute Gasteiger partial charge is 0.330 e. The van der Waals surface area contributed by atoms with Crippen molar-refractivity contribution < 1.29 is 0 Å². The van der Waals surface area contributed by atoms with Gasteiger partial charge in [0.15, 0.2) is 0 Å². The van der Waals surface area contributed by atoms with Gasteiger partial charge < -0.3 is 22.1 Å². The zero-order chi connectivity index (χ0) is 18.3. The van der Waals surface area contributed by atoms with Gasteiger partial charge in [-0.05, 0) is 82.1 Å². The Labute approximate surface area is 151 Å². The highest BCUT2D eigenvalue weighted by molar-refractivity contribution is 4.83. The van der Waals surface area contributed by atoms with Crippen LogP contribution in [0.25, 0.3) is 0 Å². The third kappa shape index (κ3) is 13.2. The van der Waals surface area contributed by atoms with E-state index in [-0.39, 0.29) is 5.41 Å². The lowest BCUT2D eigenvalue weighted by atomic mass is 9.76. The predicted molar refractivity (Wildman–Crippen MR) is 108 cm³/mol. The molecule has 0 aliphatic carbocycles. The zero-order valence-corrected chi connectivity index (χ0v) is 17.0. The molecule has 0 aromatic carbocycles. The van der Waals surface area contributed by atoms with Gasteiger partial charge in [-0.3, -0.25) is 0 Å². The predicted octanol–water partition coefficient (Wildman–Crippen LogP) is 3.11. The van der Waals surface area contributed by atoms with Gasteiger partial charge in [0.2, 0.25) is 0 Å². The first kappa shape index (κ1) is 23.8. The first-order chi connectivity index (χ1) is 11.5. The van der Waals surface area contributed by atoms with E-state index < -0.39 is 0 Å². The summed E-state index contributed by atoms with van der Waals surface area (Å²) in [6.07, 6.45) is 8.59. The molecule has 0 radical (unpaired) electrons. The van der Waals surface area contributed by atoms with Crippen LogP contribution in [0.4, 0.5) is 0 Å². The molecule has 146 valence electrons. The molecule has 4 nitrogen and oxygen atoms in total. The van der Waals surface area contributed by atoms with Crippen molar-refractivity contribution in [1.29, 1.82) is 0 Å². The quantitative estimate of drug-likeness (QED) is 0.306. The van der Waals surface area contributed by atoms with Crippen molar-refractivity contribution in [2.24, 2.45) is 28.7 Å². The highest BCUT2D eigenvalue weighted by atomic mass is 14.9. The second-order valence-electron chi connectivity index (χ2n) is 8.35. The molecule has 0 aliphatic rings. The summed E-state index contributed by atoms with van der Waals surface area (Å²) in [5.74, 6) is 1.52. The average Bonchev–Trinajstić information content (AvgIpc) is 2.55. The molecule has 24 heavy (non-hydrogen) atoms. The molecular weight excluding hydrogens is 296 g/mol. The molecule has 0 saturated heterocycles. The normalized spacial score (nSPS) is 12.5. The Hall–Kier alpha value is -0.160. The average molecular weight is 343 g/mol. The molecule has 0 rings (SSSR count). The van der Waals surface area contributed by atoms with E-state index in [4.69, 9.17) is 11.5 Å². The van der Waals surface area contributed by atoms with Crippen LogP contribution < -0.4 is 22.1 Å². The lowest BCUT2D eigenvalue weighted by Crippen LogP contribution is -2.41. The number of unbranched alkanes of at least 4 members (excludes halogenated alkanes) is 1. The number of nitrogens with one attached hydrogen (secondary N) is 2. The lowest BCUT2D eigenvalue weighted by Gasteiger charge is -2.34. The Kier molecular flexibility index (Phi) is 15.0. The maximum Gasteiger partial charge on any atom is 0.00199 e. The molecule has 0 saturated carbocycles. The van der Waals surface area contributed by atoms with Gasteiger partial charge in [-0.25, -0.2) is 0 Å². The molecule has 0 bridgehead atoms. The van der Waals surface area contributed by atoms with Gasteiger partial charge in [-0.15, -0.1) is 0 Å². The standard InChI is InChI=1S/C20H46N4/c1-18(2)8-10-20(16-22,11-9-19(3)4)17-24-14-6-5-13-23-15-7-12-21/h18-19,23-24H,5-17,21-22H2,1-4H3. The molecule has 0 amide bonds. The minimum atomic E-state index is 0.286. The zero-order valence-electron chi connectivity index (χ0n) is 17.0. The number of hydrogen-bond acceptors (Lipinski definition) is 4. The van der Waals surface area contributed by atoms with Crippen LogP contribution in [0.3, 0.4) is 0 Å². The second kappa shape index (κ2) is 15.1. The Balaban J connectivity index is 4.05. The fourth-order valence-corrected chi connectivity index (χ4v) is 2.97. The van der Waals surface area contributed by atoms with Crippen LogP contribution >= 0.6 is 0 Å². The Morgan fingerprint density at radius 3 is 1.71 bits per heavy atom. The van der Waals surface area contributed by atoms with Crippen LogP contribution in [0, 0.1) is 17.3 Å². The molecule has 0 atom stereocenters. The molecule has 0 heterocycles. The van der Waals surface area contributed by atoms with Crippen LogP contribution in [0.5, 0.6) is 0 Å². The van der Waals surface area contributed by atoms with Crippen molar-refractivity contribution in [2.45, 2.75) is 72.6 Å². The maximum atomic E-state index is 6.23. The first-order valence-corrected chi connectivity index (χ1v) is 10.3. The fourth-order valence-electron chi connectivity index (χ4n) is 2.97. The van der Waals surface area contributed by atoms with Crippen LogP contribution in [-0.4, -0.2) is 39.3 Å². The Morgan fingerprint density at radius 2 is 1.25 bits per heavy atom. The van der Waals surface area contributed by atoms with Crippen LogP contribution in [0.1, 0.15) is 72.6 Å². The van der Waals surface area contributed by atoms with E-state index in [0.717, 1.165) is 57.5 Å². The van der Waals surface area contributed by atoms with E-state index in [1.165, 1.54) is 38.5 Å². The van der Waals surface area contributed by atoms with Gasteiger partial charge in [-0.2, -0.15) is 0 Å². The highest BCUT2D eigenvalue weighted by Gasteiger charge is 2.28. The maximum absolute atomic E-state index is 6.23. The molecule has 4 heteroatoms. The molecule has 6 N–H and O–H groups in total. The monoisotopic (exact) mass is 342 g/mol. The third-order valence-electron chi connectivity index (χ3n) is 4.95. The smallest absolute Gasteiger partial charge is 0.00199 e. The van der Waals surface area contributed by atoms with E-state index >= 15 is 0 Å². The van der Waals surface area contributed by atoms with E-state index in [9.17, 15) is 0 Å². The lowest BCUT2D eigenvalue weighted by molar-refractivity contribution is 0.206. The fraction of sp³-hybridized carbons (Fsp3) is 1.00. The number of rotatable bonds is 17. The van der Waals surface area contributed by atoms with Crippen molar-refractivity contribution in [3.63, 3.8) is 0 Å². The third-order valence-corrected chi connectivity index (χ3v) is 4.95. The summed E-state index contributed by atoms with van der Waals surface area (Å²) < 4.78 is 0. The van der Waals surface area contributed by atoms with Gasteiger partial charge in [0.05, 0.1) is 0 Å². The molecule has 0 aromatic heterocycles. The van der Waals surface area contributed by atoms with Crippen molar-refractivity contribution in [1.82, 2.24) is 10.6 Å². The molecule has 0 fully saturated rings. The van der Waals surface area contributed by atoms with E-state index in [1.54, 1.807) is 0 Å². The summed E-state index contributed by atoms with van der Waals surface area (Å²) in [5, 5.41) is 7.14. The SMILES string of the molecule is CC(C)CCC(CN)(CCC(C)C)CNCCCCNCCCN. The van der Waals surface area contributed by atoms with Gasteiger partial charge >= 0.3 is 0 Å². The Morgan fingerprint density at radius 1 is 0.750 bits per heavy atom. The Bertz CT molecular complexity index is 254. The van der Waals surface area contributed by atoms with Gasteiger partial charge in [0.25, 0.3) is 0 Å². The van der Waals surface area contributed by atoms with Crippen LogP contribution in [-0.2, 0) is 0 Å². The molecule has 0 aliphatic heterocycles. The molecule has 0 spiro atoms. The van der Waals surface area contributed by atoms with Gasteiger partial charge in [-0.1, -0.05) is 40.5 Å². The van der Waals surface area contributed by atoms with E-state index in [1.807, 2.05) is 0 Å². The molecular formula is C20H46N4. The molecule has 0 unspecified atom stereocenters. The van der Waals surface area contributed by atoms with Gasteiger partial charge in [0.1, 0.15) is 0 Å². The number of nitrogens with two attached hydrogens (primary N) is 2. The summed E-state index contributed by atoms with van der Waals surface area (Å²) in [7, 11) is 0. The van der Waals surface area contributed by atoms with Crippen molar-refractivity contribution in [3.05, 3.63) is 0 Å². The van der Waals surface area contributed by atoms with Crippen molar-refractivity contribution >= 4 is 0 Å². The van der Waals surface area contributed by atoms with Crippen LogP contribution in [0.2, 0.25) is 0 Å². The topological polar surface area (TPSA) is 76.1 Å². The minimum absolute atomic E-state index is 0.286. The van der Waals surface area contributed by atoms with E-state index in [0.29, 0.717) is 0 Å². The highest BCUT2D eigenvalue weighted by Crippen LogP contribution is 2.31. The summed E-state index contributed by atoms with van der Waals surface area (Å²) in [5.41, 5.74) is 12.0. The summed E-state index contributed by atoms with van der Waals surface area (Å²) in [4.78, 5) is 0.